The molecular weight excluding hydrogens is 446 g/mol. The van der Waals surface area contributed by atoms with Gasteiger partial charge in [0.25, 0.3) is 11.8 Å². The normalized spacial score (nSPS) is 14.0. The highest BCUT2D eigenvalue weighted by Crippen LogP contribution is 2.29. The molecule has 0 aliphatic carbocycles. The standard InChI is InChI=1S/C31H39N3O2/c1-6-8-15-25(7-2)22-34-23(3)20-26(21-24(34)4)29(30(35)32-27-16-11-9-12-17-27)31(36)33(5)28-18-13-10-14-19-28/h9-14,16-21,25H,6-8,15,22H2,1-5H3,(H,32,35). The van der Waals surface area contributed by atoms with Crippen LogP contribution >= 0.6 is 0 Å². The summed E-state index contributed by atoms with van der Waals surface area (Å²) in [6, 6.07) is 18.6. The minimum Gasteiger partial charge on any atom is -0.349 e. The maximum absolute atomic E-state index is 13.7. The van der Waals surface area contributed by atoms with Gasteiger partial charge in [-0.1, -0.05) is 69.5 Å². The lowest BCUT2D eigenvalue weighted by Gasteiger charge is -2.33. The predicted molar refractivity (Wildman–Crippen MR) is 149 cm³/mol. The first-order chi connectivity index (χ1) is 17.3. The van der Waals surface area contributed by atoms with Gasteiger partial charge in [-0.25, -0.2) is 0 Å². The Morgan fingerprint density at radius 1 is 0.917 bits per heavy atom. The molecule has 190 valence electrons. The summed E-state index contributed by atoms with van der Waals surface area (Å²) >= 11 is 0. The summed E-state index contributed by atoms with van der Waals surface area (Å²) in [6.45, 7) is 9.53. The SMILES string of the molecule is CCCCC(CC)CN1C(C)=CC(=C(C(=O)Nc2ccccc2)C(=O)N(C)c2ccccc2)C=C1C. The van der Waals surface area contributed by atoms with Gasteiger partial charge in [-0.15, -0.1) is 0 Å². The summed E-state index contributed by atoms with van der Waals surface area (Å²) in [5.74, 6) is -0.158. The van der Waals surface area contributed by atoms with Crippen molar-refractivity contribution in [1.29, 1.82) is 0 Å². The van der Waals surface area contributed by atoms with E-state index in [0.717, 1.165) is 30.0 Å². The third-order valence-corrected chi connectivity index (χ3v) is 6.77. The molecule has 3 rings (SSSR count). The molecule has 1 aliphatic rings. The average molecular weight is 486 g/mol. The van der Waals surface area contributed by atoms with Crippen LogP contribution in [0.1, 0.15) is 53.4 Å². The zero-order valence-corrected chi connectivity index (χ0v) is 22.3. The maximum Gasteiger partial charge on any atom is 0.264 e. The smallest absolute Gasteiger partial charge is 0.264 e. The first-order valence-electron chi connectivity index (χ1n) is 12.9. The van der Waals surface area contributed by atoms with Crippen LogP contribution in [0.4, 0.5) is 11.4 Å². The van der Waals surface area contributed by atoms with Gasteiger partial charge in [0.2, 0.25) is 0 Å². The summed E-state index contributed by atoms with van der Waals surface area (Å²) in [5.41, 5.74) is 4.22. The van der Waals surface area contributed by atoms with Crippen molar-refractivity contribution in [3.05, 3.63) is 95.4 Å². The molecule has 1 aliphatic heterocycles. The molecule has 5 heteroatoms. The van der Waals surface area contributed by atoms with E-state index in [0.29, 0.717) is 17.2 Å². The molecule has 2 aromatic rings. The summed E-state index contributed by atoms with van der Waals surface area (Å²) in [4.78, 5) is 31.1. The van der Waals surface area contributed by atoms with Crippen molar-refractivity contribution < 1.29 is 9.59 Å². The van der Waals surface area contributed by atoms with Gasteiger partial charge in [0.05, 0.1) is 0 Å². The molecule has 0 saturated carbocycles. The Bertz CT molecular complexity index is 1110. The summed E-state index contributed by atoms with van der Waals surface area (Å²) in [7, 11) is 1.70. The molecule has 0 radical (unpaired) electrons. The van der Waals surface area contributed by atoms with Gasteiger partial charge in [-0.3, -0.25) is 9.59 Å². The van der Waals surface area contributed by atoms with Crippen molar-refractivity contribution in [3.8, 4) is 0 Å². The topological polar surface area (TPSA) is 52.7 Å². The molecule has 1 heterocycles. The number of rotatable bonds is 10. The Hall–Kier alpha value is -3.60. The van der Waals surface area contributed by atoms with Crippen LogP contribution in [-0.4, -0.2) is 30.3 Å². The average Bonchev–Trinajstić information content (AvgIpc) is 2.88. The summed E-state index contributed by atoms with van der Waals surface area (Å²) in [6.07, 6.45) is 8.70. The van der Waals surface area contributed by atoms with Crippen LogP contribution in [0.5, 0.6) is 0 Å². The molecule has 1 N–H and O–H groups in total. The van der Waals surface area contributed by atoms with E-state index in [1.807, 2.05) is 72.8 Å². The van der Waals surface area contributed by atoms with Crippen molar-refractivity contribution in [2.24, 2.45) is 5.92 Å². The quantitative estimate of drug-likeness (QED) is 0.226. The molecule has 36 heavy (non-hydrogen) atoms. The number of anilines is 2. The van der Waals surface area contributed by atoms with Crippen molar-refractivity contribution in [2.75, 3.05) is 23.8 Å². The van der Waals surface area contributed by atoms with Gasteiger partial charge in [0.1, 0.15) is 5.57 Å². The minimum atomic E-state index is -0.417. The highest BCUT2D eigenvalue weighted by atomic mass is 16.2. The number of para-hydroxylation sites is 2. The lowest BCUT2D eigenvalue weighted by Crippen LogP contribution is -2.35. The third kappa shape index (κ3) is 6.75. The number of carbonyl (C=O) groups excluding carboxylic acids is 2. The number of benzene rings is 2. The second-order valence-electron chi connectivity index (χ2n) is 9.45. The number of unbranched alkanes of at least 4 members (excludes halogenated alkanes) is 1. The van der Waals surface area contributed by atoms with E-state index in [1.54, 1.807) is 7.05 Å². The number of nitrogens with one attached hydrogen (secondary N) is 1. The summed E-state index contributed by atoms with van der Waals surface area (Å²) in [5, 5.41) is 2.92. The van der Waals surface area contributed by atoms with Gasteiger partial charge in [0, 0.05) is 36.4 Å². The molecule has 1 atom stereocenters. The van der Waals surface area contributed by atoms with E-state index < -0.39 is 5.91 Å². The van der Waals surface area contributed by atoms with Crippen LogP contribution in [-0.2, 0) is 9.59 Å². The van der Waals surface area contributed by atoms with Gasteiger partial charge in [-0.2, -0.15) is 0 Å². The molecule has 0 spiro atoms. The maximum atomic E-state index is 13.7. The van der Waals surface area contributed by atoms with Gasteiger partial charge >= 0.3 is 0 Å². The molecule has 0 aromatic heterocycles. The number of amides is 2. The molecule has 2 aromatic carbocycles. The summed E-state index contributed by atoms with van der Waals surface area (Å²) < 4.78 is 0. The second kappa shape index (κ2) is 12.9. The monoisotopic (exact) mass is 485 g/mol. The molecule has 0 saturated heterocycles. The fraction of sp³-hybridized carbons (Fsp3) is 0.355. The van der Waals surface area contributed by atoms with Crippen molar-refractivity contribution in [1.82, 2.24) is 4.90 Å². The first kappa shape index (κ1) is 27.0. The van der Waals surface area contributed by atoms with E-state index in [1.165, 1.54) is 24.2 Å². The number of carbonyl (C=O) groups is 2. The van der Waals surface area contributed by atoms with Crippen molar-refractivity contribution in [3.63, 3.8) is 0 Å². The number of allylic oxidation sites excluding steroid dienone is 5. The predicted octanol–water partition coefficient (Wildman–Crippen LogP) is 6.92. The van der Waals surface area contributed by atoms with E-state index in [4.69, 9.17) is 0 Å². The lowest BCUT2D eigenvalue weighted by atomic mass is 9.95. The molecule has 0 bridgehead atoms. The largest absolute Gasteiger partial charge is 0.349 e. The molecule has 5 nitrogen and oxygen atoms in total. The van der Waals surface area contributed by atoms with Gasteiger partial charge in [-0.05, 0) is 68.2 Å². The zero-order valence-electron chi connectivity index (χ0n) is 22.3. The highest BCUT2D eigenvalue weighted by Gasteiger charge is 2.28. The number of likely N-dealkylation sites (N-methyl/N-ethyl adjacent to an activating group) is 1. The van der Waals surface area contributed by atoms with Crippen LogP contribution in [0.15, 0.2) is 95.4 Å². The Balaban J connectivity index is 1.98. The Morgan fingerprint density at radius 2 is 1.50 bits per heavy atom. The third-order valence-electron chi connectivity index (χ3n) is 6.77. The van der Waals surface area contributed by atoms with E-state index in [-0.39, 0.29) is 11.5 Å². The first-order valence-corrected chi connectivity index (χ1v) is 12.9. The van der Waals surface area contributed by atoms with Crippen LogP contribution < -0.4 is 10.2 Å². The van der Waals surface area contributed by atoms with Crippen molar-refractivity contribution in [2.45, 2.75) is 53.4 Å². The Labute approximate surface area is 216 Å². The van der Waals surface area contributed by atoms with Crippen LogP contribution in [0.3, 0.4) is 0 Å². The Kier molecular flexibility index (Phi) is 9.69. The fourth-order valence-corrected chi connectivity index (χ4v) is 4.54. The molecular formula is C31H39N3O2. The van der Waals surface area contributed by atoms with E-state index in [9.17, 15) is 9.59 Å². The number of nitrogens with zero attached hydrogens (tertiary/aromatic N) is 2. The highest BCUT2D eigenvalue weighted by molar-refractivity contribution is 6.27. The van der Waals surface area contributed by atoms with Crippen LogP contribution in [0.25, 0.3) is 0 Å². The van der Waals surface area contributed by atoms with Gasteiger partial charge < -0.3 is 15.1 Å². The van der Waals surface area contributed by atoms with Crippen LogP contribution in [0, 0.1) is 5.92 Å². The zero-order chi connectivity index (χ0) is 26.1. The molecule has 1 unspecified atom stereocenters. The minimum absolute atomic E-state index is 0.126. The Morgan fingerprint density at radius 3 is 2.06 bits per heavy atom. The van der Waals surface area contributed by atoms with E-state index >= 15 is 0 Å². The fourth-order valence-electron chi connectivity index (χ4n) is 4.54. The second-order valence-corrected chi connectivity index (χ2v) is 9.45. The molecule has 0 fully saturated rings. The number of hydrogen-bond acceptors (Lipinski definition) is 3. The van der Waals surface area contributed by atoms with Gasteiger partial charge in [0.15, 0.2) is 0 Å². The van der Waals surface area contributed by atoms with E-state index in [2.05, 4.69) is 37.9 Å². The van der Waals surface area contributed by atoms with Crippen LogP contribution in [0.2, 0.25) is 0 Å². The number of hydrogen-bond donors (Lipinski definition) is 1. The van der Waals surface area contributed by atoms with Crippen molar-refractivity contribution >= 4 is 23.2 Å². The molecule has 2 amide bonds. The lowest BCUT2D eigenvalue weighted by molar-refractivity contribution is -0.119.